The highest BCUT2D eigenvalue weighted by molar-refractivity contribution is 5.67. The topological polar surface area (TPSA) is 51.0 Å². The monoisotopic (exact) mass is 245 g/mol. The van der Waals surface area contributed by atoms with E-state index in [0.717, 1.165) is 55.2 Å². The summed E-state index contributed by atoms with van der Waals surface area (Å²) in [5, 5.41) is 3.40. The van der Waals surface area contributed by atoms with E-state index in [0.29, 0.717) is 0 Å². The molecule has 3 rings (SSSR count). The van der Waals surface area contributed by atoms with Crippen LogP contribution in [0.1, 0.15) is 37.8 Å². The van der Waals surface area contributed by atoms with Gasteiger partial charge in [-0.15, -0.1) is 0 Å². The maximum Gasteiger partial charge on any atom is 0.203 e. The summed E-state index contributed by atoms with van der Waals surface area (Å²) < 4.78 is 5.96. The van der Waals surface area contributed by atoms with Gasteiger partial charge in [-0.1, -0.05) is 6.92 Å². The van der Waals surface area contributed by atoms with Gasteiger partial charge in [-0.3, -0.25) is 0 Å². The Morgan fingerprint density at radius 1 is 1.28 bits per heavy atom. The summed E-state index contributed by atoms with van der Waals surface area (Å²) in [6.45, 7) is 6.28. The fraction of sp³-hybridized carbons (Fsp3) is 0.571. The van der Waals surface area contributed by atoms with Gasteiger partial charge in [0.05, 0.1) is 0 Å². The Morgan fingerprint density at radius 2 is 2.06 bits per heavy atom. The summed E-state index contributed by atoms with van der Waals surface area (Å²) in [5.74, 6) is 0.875. The summed E-state index contributed by atoms with van der Waals surface area (Å²) in [5.41, 5.74) is 2.64. The highest BCUT2D eigenvalue weighted by Gasteiger charge is 2.37. The molecule has 1 saturated heterocycles. The average molecular weight is 245 g/mol. The van der Waals surface area contributed by atoms with Crippen molar-refractivity contribution < 1.29 is 4.42 Å². The van der Waals surface area contributed by atoms with Crippen molar-refractivity contribution in [3.05, 3.63) is 23.7 Å². The van der Waals surface area contributed by atoms with E-state index in [1.807, 2.05) is 19.1 Å². The third-order valence-corrected chi connectivity index (χ3v) is 4.08. The van der Waals surface area contributed by atoms with Crippen molar-refractivity contribution in [3.8, 4) is 0 Å². The molecule has 18 heavy (non-hydrogen) atoms. The number of rotatable bonds is 2. The molecule has 4 heteroatoms. The van der Waals surface area contributed by atoms with E-state index in [-0.39, 0.29) is 5.41 Å². The lowest BCUT2D eigenvalue weighted by atomic mass is 9.76. The second-order valence-corrected chi connectivity index (χ2v) is 5.18. The summed E-state index contributed by atoms with van der Waals surface area (Å²) in [4.78, 5) is 9.07. The highest BCUT2D eigenvalue weighted by atomic mass is 16.3. The molecule has 3 heterocycles. The molecule has 0 spiro atoms. The summed E-state index contributed by atoms with van der Waals surface area (Å²) in [6, 6.07) is 3.94. The van der Waals surface area contributed by atoms with E-state index in [9.17, 15) is 0 Å². The van der Waals surface area contributed by atoms with Gasteiger partial charge in [0, 0.05) is 11.1 Å². The fourth-order valence-corrected chi connectivity index (χ4v) is 2.76. The van der Waals surface area contributed by atoms with Gasteiger partial charge in [0.2, 0.25) is 5.89 Å². The standard InChI is InChI=1S/C14H19N3O/c1-3-14(6-8-15-9-7-14)13-17-12-11(18-13)5-4-10(2)16-12/h4-5,15H,3,6-9H2,1-2H3. The first-order valence-corrected chi connectivity index (χ1v) is 6.69. The molecular weight excluding hydrogens is 226 g/mol. The molecule has 1 N–H and O–H groups in total. The number of piperidine rings is 1. The van der Waals surface area contributed by atoms with E-state index in [1.54, 1.807) is 0 Å². The quantitative estimate of drug-likeness (QED) is 0.883. The number of aryl methyl sites for hydroxylation is 1. The summed E-state index contributed by atoms with van der Waals surface area (Å²) in [6.07, 6.45) is 3.26. The Balaban J connectivity index is 2.06. The first-order valence-electron chi connectivity index (χ1n) is 6.69. The maximum absolute atomic E-state index is 5.96. The third-order valence-electron chi connectivity index (χ3n) is 4.08. The number of nitrogens with one attached hydrogen (secondary N) is 1. The minimum absolute atomic E-state index is 0.0971. The van der Waals surface area contributed by atoms with Crippen molar-refractivity contribution in [3.63, 3.8) is 0 Å². The normalized spacial score (nSPS) is 19.2. The number of hydrogen-bond acceptors (Lipinski definition) is 4. The van der Waals surface area contributed by atoms with Crippen molar-refractivity contribution in [2.24, 2.45) is 0 Å². The minimum Gasteiger partial charge on any atom is -0.438 e. The molecule has 1 fully saturated rings. The van der Waals surface area contributed by atoms with Gasteiger partial charge >= 0.3 is 0 Å². The molecule has 0 unspecified atom stereocenters. The molecule has 1 aliphatic rings. The van der Waals surface area contributed by atoms with Crippen LogP contribution in [0.2, 0.25) is 0 Å². The molecule has 1 aliphatic heterocycles. The van der Waals surface area contributed by atoms with E-state index in [4.69, 9.17) is 4.42 Å². The van der Waals surface area contributed by atoms with Gasteiger partial charge in [-0.05, 0) is 51.4 Å². The van der Waals surface area contributed by atoms with Gasteiger partial charge in [0.1, 0.15) is 0 Å². The van der Waals surface area contributed by atoms with Crippen LogP contribution in [0.4, 0.5) is 0 Å². The van der Waals surface area contributed by atoms with Crippen LogP contribution in [0, 0.1) is 6.92 Å². The van der Waals surface area contributed by atoms with Crippen LogP contribution in [0.3, 0.4) is 0 Å². The maximum atomic E-state index is 5.96. The van der Waals surface area contributed by atoms with Crippen LogP contribution in [-0.2, 0) is 5.41 Å². The second-order valence-electron chi connectivity index (χ2n) is 5.18. The van der Waals surface area contributed by atoms with Crippen molar-refractivity contribution >= 4 is 11.2 Å². The number of fused-ring (bicyclic) bond motifs is 1. The van der Waals surface area contributed by atoms with Crippen LogP contribution in [0.25, 0.3) is 11.2 Å². The Morgan fingerprint density at radius 3 is 2.78 bits per heavy atom. The number of oxazole rings is 1. The molecule has 0 bridgehead atoms. The van der Waals surface area contributed by atoms with E-state index in [1.165, 1.54) is 0 Å². The molecule has 0 radical (unpaired) electrons. The predicted molar refractivity (Wildman–Crippen MR) is 70.6 cm³/mol. The number of nitrogens with zero attached hydrogens (tertiary/aromatic N) is 2. The molecular formula is C14H19N3O. The molecule has 96 valence electrons. The van der Waals surface area contributed by atoms with Gasteiger partial charge in [-0.25, -0.2) is 4.98 Å². The van der Waals surface area contributed by atoms with Crippen LogP contribution in [0.5, 0.6) is 0 Å². The average Bonchev–Trinajstić information content (AvgIpc) is 2.83. The second kappa shape index (κ2) is 4.35. The Bertz CT molecular complexity index is 555. The molecule has 2 aromatic heterocycles. The lowest BCUT2D eigenvalue weighted by Gasteiger charge is -2.33. The number of aromatic nitrogens is 2. The van der Waals surface area contributed by atoms with Gasteiger partial charge in [0.15, 0.2) is 11.2 Å². The Hall–Kier alpha value is -1.42. The van der Waals surface area contributed by atoms with E-state index < -0.39 is 0 Å². The first kappa shape index (κ1) is 11.7. The van der Waals surface area contributed by atoms with Gasteiger partial charge in [0.25, 0.3) is 0 Å². The summed E-state index contributed by atoms with van der Waals surface area (Å²) in [7, 11) is 0. The van der Waals surface area contributed by atoms with Crippen molar-refractivity contribution in [1.82, 2.24) is 15.3 Å². The Labute approximate surface area is 107 Å². The first-order chi connectivity index (χ1) is 8.73. The zero-order valence-corrected chi connectivity index (χ0v) is 11.0. The molecule has 2 aromatic rings. The molecule has 0 saturated carbocycles. The highest BCUT2D eigenvalue weighted by Crippen LogP contribution is 2.37. The number of hydrogen-bond donors (Lipinski definition) is 1. The van der Waals surface area contributed by atoms with Gasteiger partial charge < -0.3 is 9.73 Å². The van der Waals surface area contributed by atoms with Crippen LogP contribution in [0.15, 0.2) is 16.5 Å². The largest absolute Gasteiger partial charge is 0.438 e. The lowest BCUT2D eigenvalue weighted by Crippen LogP contribution is -2.39. The van der Waals surface area contributed by atoms with Gasteiger partial charge in [-0.2, -0.15) is 4.98 Å². The van der Waals surface area contributed by atoms with Crippen molar-refractivity contribution in [2.75, 3.05) is 13.1 Å². The molecule has 4 nitrogen and oxygen atoms in total. The Kier molecular flexibility index (Phi) is 2.82. The molecule has 0 aliphatic carbocycles. The minimum atomic E-state index is 0.0971. The number of pyridine rings is 1. The van der Waals surface area contributed by atoms with Crippen LogP contribution >= 0.6 is 0 Å². The predicted octanol–water partition coefficient (Wildman–Crippen LogP) is 2.56. The molecule has 0 aromatic carbocycles. The smallest absolute Gasteiger partial charge is 0.203 e. The van der Waals surface area contributed by atoms with Crippen molar-refractivity contribution in [1.29, 1.82) is 0 Å². The summed E-state index contributed by atoms with van der Waals surface area (Å²) >= 11 is 0. The zero-order chi connectivity index (χ0) is 12.6. The lowest BCUT2D eigenvalue weighted by molar-refractivity contribution is 0.243. The molecule has 0 amide bonds. The van der Waals surface area contributed by atoms with Crippen LogP contribution < -0.4 is 5.32 Å². The van der Waals surface area contributed by atoms with E-state index in [2.05, 4.69) is 22.2 Å². The SMILES string of the molecule is CCC1(c2nc3nc(C)ccc3o2)CCNCC1. The molecule has 0 atom stereocenters. The zero-order valence-electron chi connectivity index (χ0n) is 11.0. The van der Waals surface area contributed by atoms with Crippen LogP contribution in [-0.4, -0.2) is 23.1 Å². The van der Waals surface area contributed by atoms with Crippen molar-refractivity contribution in [2.45, 2.75) is 38.5 Å². The fourth-order valence-electron chi connectivity index (χ4n) is 2.76. The van der Waals surface area contributed by atoms with E-state index >= 15 is 0 Å². The third kappa shape index (κ3) is 1.81.